The van der Waals surface area contributed by atoms with Gasteiger partial charge in [0.25, 0.3) is 5.56 Å². The van der Waals surface area contributed by atoms with Gasteiger partial charge in [-0.05, 0) is 42.5 Å². The third-order valence-electron chi connectivity index (χ3n) is 7.11. The number of hydrogen-bond acceptors (Lipinski definition) is 7. The van der Waals surface area contributed by atoms with Gasteiger partial charge < -0.3 is 15.2 Å². The van der Waals surface area contributed by atoms with Crippen LogP contribution in [0.2, 0.25) is 5.02 Å². The topological polar surface area (TPSA) is 113 Å². The average molecular weight is 585 g/mol. The molecule has 2 N–H and O–H groups in total. The summed E-state index contributed by atoms with van der Waals surface area (Å²) in [7, 11) is 1.58. The van der Waals surface area contributed by atoms with Crippen molar-refractivity contribution in [2.75, 3.05) is 17.2 Å². The third kappa shape index (κ3) is 5.34. The summed E-state index contributed by atoms with van der Waals surface area (Å²) in [5.74, 6) is 0. The molecule has 1 atom stereocenters. The number of benzene rings is 1. The van der Waals surface area contributed by atoms with E-state index in [1.807, 2.05) is 0 Å². The van der Waals surface area contributed by atoms with Gasteiger partial charge in [-0.3, -0.25) is 9.78 Å². The first-order chi connectivity index (χ1) is 19.2. The van der Waals surface area contributed by atoms with Gasteiger partial charge in [0.2, 0.25) is 0 Å². The van der Waals surface area contributed by atoms with Crippen LogP contribution in [-0.2, 0) is 12.6 Å². The van der Waals surface area contributed by atoms with Crippen LogP contribution in [0, 0.1) is 16.7 Å². The number of pyridine rings is 2. The highest BCUT2D eigenvalue weighted by molar-refractivity contribution is 6.35. The molecule has 9 nitrogen and oxygen atoms in total. The molecule has 5 rings (SSSR count). The highest BCUT2D eigenvalue weighted by Gasteiger charge is 2.66. The lowest BCUT2D eigenvalue weighted by Gasteiger charge is -2.22. The number of rotatable bonds is 7. The minimum Gasteiger partial charge on any atom is -0.383 e. The quantitative estimate of drug-likeness (QED) is 0.284. The van der Waals surface area contributed by atoms with Gasteiger partial charge >= 0.3 is 6.18 Å². The van der Waals surface area contributed by atoms with Crippen LogP contribution in [-0.4, -0.2) is 37.3 Å². The van der Waals surface area contributed by atoms with Crippen molar-refractivity contribution >= 4 is 33.9 Å². The standard InChI is InChI=1S/C28H28ClF3N8O/c1-26(2,3)15-35-22-16(12-33)13-34-23-19(22)10-17(11-20(23)29)36-24(18-6-5-9-39(4)25(18)41)21-14-40(38-37-21)27(7-8-27)28(30,31)32/h5-6,9-11,13-14,24,36H,7-8,15H2,1-4H3,(H,34,35)/t24-/m0/s1. The molecular weight excluding hydrogens is 557 g/mol. The van der Waals surface area contributed by atoms with Gasteiger partial charge in [-0.1, -0.05) is 37.6 Å². The molecule has 214 valence electrons. The molecule has 0 unspecified atom stereocenters. The lowest BCUT2D eigenvalue weighted by molar-refractivity contribution is -0.182. The van der Waals surface area contributed by atoms with E-state index in [0.717, 1.165) is 4.68 Å². The van der Waals surface area contributed by atoms with Crippen LogP contribution in [0.25, 0.3) is 10.9 Å². The van der Waals surface area contributed by atoms with Crippen LogP contribution < -0.4 is 16.2 Å². The molecule has 1 aromatic carbocycles. The maximum absolute atomic E-state index is 13.8. The largest absolute Gasteiger partial charge is 0.413 e. The number of hydrogen-bond donors (Lipinski definition) is 2. The fourth-order valence-corrected chi connectivity index (χ4v) is 4.93. The van der Waals surface area contributed by atoms with Gasteiger partial charge in [-0.15, -0.1) is 5.10 Å². The molecule has 4 aromatic rings. The molecular formula is C28H28ClF3N8O. The molecule has 1 saturated carbocycles. The number of aryl methyl sites for hydroxylation is 1. The highest BCUT2D eigenvalue weighted by atomic mass is 35.5. The number of nitrogens with one attached hydrogen (secondary N) is 2. The van der Waals surface area contributed by atoms with Gasteiger partial charge in [0.1, 0.15) is 17.8 Å². The Kier molecular flexibility index (Phi) is 6.98. The summed E-state index contributed by atoms with van der Waals surface area (Å²) in [4.78, 5) is 17.5. The Balaban J connectivity index is 1.62. The van der Waals surface area contributed by atoms with Crippen LogP contribution in [0.1, 0.15) is 56.5 Å². The van der Waals surface area contributed by atoms with Crippen molar-refractivity contribution in [2.45, 2.75) is 51.4 Å². The van der Waals surface area contributed by atoms with Crippen molar-refractivity contribution < 1.29 is 13.2 Å². The molecule has 13 heteroatoms. The lowest BCUT2D eigenvalue weighted by Crippen LogP contribution is -2.35. The molecule has 0 aliphatic heterocycles. The van der Waals surface area contributed by atoms with Crippen molar-refractivity contribution in [1.29, 1.82) is 5.26 Å². The number of aromatic nitrogens is 5. The first-order valence-electron chi connectivity index (χ1n) is 12.9. The number of fused-ring (bicyclic) bond motifs is 1. The van der Waals surface area contributed by atoms with E-state index < -0.39 is 17.8 Å². The molecule has 1 fully saturated rings. The predicted molar refractivity (Wildman–Crippen MR) is 150 cm³/mol. The van der Waals surface area contributed by atoms with Crippen LogP contribution >= 0.6 is 11.6 Å². The molecule has 41 heavy (non-hydrogen) atoms. The summed E-state index contributed by atoms with van der Waals surface area (Å²) in [5, 5.41) is 25.1. The van der Waals surface area contributed by atoms with Gasteiger partial charge in [0.05, 0.1) is 28.0 Å². The maximum atomic E-state index is 13.8. The monoisotopic (exact) mass is 584 g/mol. The van der Waals surface area contributed by atoms with Crippen molar-refractivity contribution in [3.8, 4) is 6.07 Å². The Morgan fingerprint density at radius 3 is 2.61 bits per heavy atom. The summed E-state index contributed by atoms with van der Waals surface area (Å²) in [5.41, 5.74) is -0.368. The summed E-state index contributed by atoms with van der Waals surface area (Å²) in [6.45, 7) is 6.72. The van der Waals surface area contributed by atoms with Crippen LogP contribution in [0.5, 0.6) is 0 Å². The van der Waals surface area contributed by atoms with E-state index in [1.54, 1.807) is 37.5 Å². The van der Waals surface area contributed by atoms with E-state index in [4.69, 9.17) is 11.6 Å². The van der Waals surface area contributed by atoms with Crippen molar-refractivity contribution in [3.63, 3.8) is 0 Å². The highest BCUT2D eigenvalue weighted by Crippen LogP contribution is 2.55. The minimum absolute atomic E-state index is 0.0939. The first kappa shape index (κ1) is 28.4. The Morgan fingerprint density at radius 2 is 1.98 bits per heavy atom. The summed E-state index contributed by atoms with van der Waals surface area (Å²) in [6, 6.07) is 7.80. The van der Waals surface area contributed by atoms with Crippen LogP contribution in [0.3, 0.4) is 0 Å². The summed E-state index contributed by atoms with van der Waals surface area (Å²) < 4.78 is 43.6. The van der Waals surface area contributed by atoms with Crippen LogP contribution in [0.4, 0.5) is 24.5 Å². The zero-order valence-corrected chi connectivity index (χ0v) is 23.6. The van der Waals surface area contributed by atoms with Gasteiger partial charge in [-0.25, -0.2) is 4.68 Å². The van der Waals surface area contributed by atoms with E-state index in [0.29, 0.717) is 34.4 Å². The molecule has 0 saturated heterocycles. The second kappa shape index (κ2) is 10.1. The minimum atomic E-state index is -4.49. The second-order valence-electron chi connectivity index (χ2n) is 11.5. The summed E-state index contributed by atoms with van der Waals surface area (Å²) in [6.07, 6.45) is -0.406. The molecule has 1 aliphatic carbocycles. The van der Waals surface area contributed by atoms with Crippen molar-refractivity contribution in [3.05, 3.63) is 75.1 Å². The molecule has 0 bridgehead atoms. The lowest BCUT2D eigenvalue weighted by atomic mass is 9.96. The first-order valence-corrected chi connectivity index (χ1v) is 13.3. The number of nitrogens with zero attached hydrogens (tertiary/aromatic N) is 6. The molecule has 1 aliphatic rings. The molecule has 0 radical (unpaired) electrons. The molecule has 3 heterocycles. The maximum Gasteiger partial charge on any atom is 0.413 e. The van der Waals surface area contributed by atoms with Gasteiger partial charge in [0.15, 0.2) is 5.54 Å². The smallest absolute Gasteiger partial charge is 0.383 e. The fourth-order valence-electron chi connectivity index (χ4n) is 4.67. The Morgan fingerprint density at radius 1 is 1.24 bits per heavy atom. The number of alkyl halides is 3. The average Bonchev–Trinajstić information content (AvgIpc) is 3.58. The zero-order chi connectivity index (χ0) is 29.7. The van der Waals surface area contributed by atoms with Crippen molar-refractivity contribution in [1.82, 2.24) is 24.5 Å². The Bertz CT molecular complexity index is 1730. The molecule has 3 aromatic heterocycles. The number of halogens is 4. The van der Waals surface area contributed by atoms with Gasteiger partial charge in [0, 0.05) is 42.6 Å². The summed E-state index contributed by atoms with van der Waals surface area (Å²) >= 11 is 6.64. The number of anilines is 2. The molecule has 0 amide bonds. The molecule has 0 spiro atoms. The Hall–Kier alpha value is -4.11. The van der Waals surface area contributed by atoms with Gasteiger partial charge in [-0.2, -0.15) is 18.4 Å². The Labute approximate surface area is 238 Å². The second-order valence-corrected chi connectivity index (χ2v) is 11.9. The van der Waals surface area contributed by atoms with E-state index in [2.05, 4.69) is 52.8 Å². The zero-order valence-electron chi connectivity index (χ0n) is 22.8. The van der Waals surface area contributed by atoms with Crippen LogP contribution in [0.15, 0.2) is 47.7 Å². The fraction of sp³-hybridized carbons (Fsp3) is 0.393. The van der Waals surface area contributed by atoms with Crippen molar-refractivity contribution in [2.24, 2.45) is 12.5 Å². The SMILES string of the molecule is Cn1cccc([C@H](Nc2cc(Cl)c3ncc(C#N)c(NCC(C)(C)C)c3c2)c2cn(C3(C(F)(F)F)CC3)nn2)c1=O. The predicted octanol–water partition coefficient (Wildman–Crippen LogP) is 5.76. The van der Waals surface area contributed by atoms with E-state index in [-0.39, 0.29) is 40.1 Å². The van der Waals surface area contributed by atoms with E-state index in [9.17, 15) is 23.2 Å². The normalized spacial score (nSPS) is 15.4. The number of nitriles is 1. The third-order valence-corrected chi connectivity index (χ3v) is 7.40. The van der Waals surface area contributed by atoms with E-state index in [1.165, 1.54) is 17.0 Å². The van der Waals surface area contributed by atoms with E-state index >= 15 is 0 Å².